The van der Waals surface area contributed by atoms with Crippen molar-refractivity contribution < 1.29 is 13.2 Å². The Bertz CT molecular complexity index is 381. The van der Waals surface area contributed by atoms with Crippen molar-refractivity contribution in [2.75, 3.05) is 19.0 Å². The quantitative estimate of drug-likeness (QED) is 0.594. The minimum absolute atomic E-state index is 0.236. The Balaban J connectivity index is 2.96. The van der Waals surface area contributed by atoms with E-state index in [1.54, 1.807) is 7.05 Å². The Morgan fingerprint density at radius 3 is 2.12 bits per heavy atom. The van der Waals surface area contributed by atoms with E-state index in [1.807, 2.05) is 0 Å². The lowest BCUT2D eigenvalue weighted by atomic mass is 10.2. The van der Waals surface area contributed by atoms with Crippen LogP contribution in [0.5, 0.6) is 0 Å². The van der Waals surface area contributed by atoms with Gasteiger partial charge in [0.05, 0.1) is 5.56 Å². The zero-order chi connectivity index (χ0) is 12.3. The maximum Gasteiger partial charge on any atom is 0.416 e. The third kappa shape index (κ3) is 2.65. The summed E-state index contributed by atoms with van der Waals surface area (Å²) in [6, 6.07) is 4.71. The first-order valence-corrected chi connectivity index (χ1v) is 4.49. The predicted molar refractivity (Wildman–Crippen MR) is 57.4 cm³/mol. The molecule has 0 heterocycles. The van der Waals surface area contributed by atoms with Crippen LogP contribution < -0.4 is 10.6 Å². The zero-order valence-corrected chi connectivity index (χ0v) is 8.92. The minimum atomic E-state index is -4.32. The monoisotopic (exact) mass is 231 g/mol. The second kappa shape index (κ2) is 4.42. The standard InChI is InChI=1S/C10H12F3N3/c1-15-9(14)16(2)8-5-3-7(4-6-8)10(11,12)13/h3-6H,1-2H3,(H2,14,15). The van der Waals surface area contributed by atoms with E-state index < -0.39 is 11.7 Å². The molecular weight excluding hydrogens is 219 g/mol. The van der Waals surface area contributed by atoms with Gasteiger partial charge in [0.15, 0.2) is 5.96 Å². The molecule has 0 atom stereocenters. The van der Waals surface area contributed by atoms with E-state index in [9.17, 15) is 13.2 Å². The van der Waals surface area contributed by atoms with Gasteiger partial charge in [-0.25, -0.2) is 0 Å². The largest absolute Gasteiger partial charge is 0.416 e. The summed E-state index contributed by atoms with van der Waals surface area (Å²) in [6.45, 7) is 0. The summed E-state index contributed by atoms with van der Waals surface area (Å²) in [4.78, 5) is 5.23. The van der Waals surface area contributed by atoms with Crippen LogP contribution in [0.2, 0.25) is 0 Å². The summed E-state index contributed by atoms with van der Waals surface area (Å²) < 4.78 is 36.9. The van der Waals surface area contributed by atoms with Crippen molar-refractivity contribution in [3.05, 3.63) is 29.8 Å². The molecule has 0 bridgehead atoms. The molecule has 0 unspecified atom stereocenters. The molecule has 3 nitrogen and oxygen atoms in total. The van der Waals surface area contributed by atoms with Gasteiger partial charge in [0.25, 0.3) is 0 Å². The number of guanidine groups is 1. The Labute approximate surface area is 91.4 Å². The van der Waals surface area contributed by atoms with Gasteiger partial charge in [-0.2, -0.15) is 13.2 Å². The summed E-state index contributed by atoms with van der Waals surface area (Å²) in [5, 5.41) is 0. The Hall–Kier alpha value is -1.72. The number of benzene rings is 1. The third-order valence-electron chi connectivity index (χ3n) is 2.15. The van der Waals surface area contributed by atoms with E-state index in [2.05, 4.69) is 4.99 Å². The van der Waals surface area contributed by atoms with Crippen LogP contribution in [0.1, 0.15) is 5.56 Å². The molecule has 0 fully saturated rings. The topological polar surface area (TPSA) is 41.6 Å². The van der Waals surface area contributed by atoms with E-state index in [-0.39, 0.29) is 5.96 Å². The maximum absolute atomic E-state index is 12.3. The summed E-state index contributed by atoms with van der Waals surface area (Å²) in [5.41, 5.74) is 5.39. The van der Waals surface area contributed by atoms with E-state index in [4.69, 9.17) is 5.73 Å². The van der Waals surface area contributed by atoms with Crippen molar-refractivity contribution in [3.63, 3.8) is 0 Å². The fraction of sp³-hybridized carbons (Fsp3) is 0.300. The van der Waals surface area contributed by atoms with E-state index in [0.29, 0.717) is 5.69 Å². The normalized spacial score (nSPS) is 12.7. The van der Waals surface area contributed by atoms with Gasteiger partial charge in [0, 0.05) is 19.8 Å². The van der Waals surface area contributed by atoms with Gasteiger partial charge in [-0.05, 0) is 24.3 Å². The highest BCUT2D eigenvalue weighted by atomic mass is 19.4. The van der Waals surface area contributed by atoms with Crippen LogP contribution in [0.3, 0.4) is 0 Å². The highest BCUT2D eigenvalue weighted by molar-refractivity contribution is 5.94. The molecule has 0 aliphatic heterocycles. The molecule has 1 aromatic carbocycles. The first-order valence-electron chi connectivity index (χ1n) is 4.49. The molecule has 0 radical (unpaired) electrons. The van der Waals surface area contributed by atoms with Crippen LogP contribution in [0.25, 0.3) is 0 Å². The van der Waals surface area contributed by atoms with Crippen LogP contribution in [0.15, 0.2) is 29.3 Å². The number of anilines is 1. The predicted octanol–water partition coefficient (Wildman–Crippen LogP) is 2.09. The summed E-state index contributed by atoms with van der Waals surface area (Å²) in [7, 11) is 3.14. The van der Waals surface area contributed by atoms with Gasteiger partial charge < -0.3 is 10.6 Å². The number of aliphatic imine (C=N–C) groups is 1. The number of alkyl halides is 3. The number of nitrogens with two attached hydrogens (primary N) is 1. The van der Waals surface area contributed by atoms with Crippen LogP contribution in [0, 0.1) is 0 Å². The average Bonchev–Trinajstić information content (AvgIpc) is 2.26. The summed E-state index contributed by atoms with van der Waals surface area (Å²) in [5.74, 6) is 0.236. The molecule has 6 heteroatoms. The van der Waals surface area contributed by atoms with Gasteiger partial charge in [-0.1, -0.05) is 0 Å². The highest BCUT2D eigenvalue weighted by Crippen LogP contribution is 2.30. The second-order valence-corrected chi connectivity index (χ2v) is 3.19. The molecule has 0 aliphatic carbocycles. The van der Waals surface area contributed by atoms with E-state index in [1.165, 1.54) is 24.1 Å². The highest BCUT2D eigenvalue weighted by Gasteiger charge is 2.30. The smallest absolute Gasteiger partial charge is 0.370 e. The van der Waals surface area contributed by atoms with Crippen LogP contribution >= 0.6 is 0 Å². The lowest BCUT2D eigenvalue weighted by Gasteiger charge is -2.18. The number of nitrogens with zero attached hydrogens (tertiary/aromatic N) is 2. The third-order valence-corrected chi connectivity index (χ3v) is 2.15. The SMILES string of the molecule is CN=C(N)N(C)c1ccc(C(F)(F)F)cc1. The lowest BCUT2D eigenvalue weighted by molar-refractivity contribution is -0.137. The molecule has 0 amide bonds. The number of rotatable bonds is 1. The van der Waals surface area contributed by atoms with Crippen molar-refractivity contribution in [3.8, 4) is 0 Å². The van der Waals surface area contributed by atoms with Gasteiger partial charge in [-0.3, -0.25) is 4.99 Å². The fourth-order valence-electron chi connectivity index (χ4n) is 1.16. The summed E-state index contributed by atoms with van der Waals surface area (Å²) >= 11 is 0. The maximum atomic E-state index is 12.3. The molecule has 0 saturated carbocycles. The molecule has 0 saturated heterocycles. The van der Waals surface area contributed by atoms with Crippen molar-refractivity contribution >= 4 is 11.6 Å². The van der Waals surface area contributed by atoms with Crippen molar-refractivity contribution in [2.24, 2.45) is 10.7 Å². The van der Waals surface area contributed by atoms with Gasteiger partial charge in [0.1, 0.15) is 0 Å². The molecule has 88 valence electrons. The molecule has 0 aromatic heterocycles. The number of hydrogen-bond donors (Lipinski definition) is 1. The summed E-state index contributed by atoms with van der Waals surface area (Å²) in [6.07, 6.45) is -4.32. The average molecular weight is 231 g/mol. The Morgan fingerprint density at radius 1 is 1.25 bits per heavy atom. The second-order valence-electron chi connectivity index (χ2n) is 3.19. The minimum Gasteiger partial charge on any atom is -0.370 e. The molecule has 2 N–H and O–H groups in total. The van der Waals surface area contributed by atoms with Crippen LogP contribution in [0.4, 0.5) is 18.9 Å². The van der Waals surface area contributed by atoms with Crippen molar-refractivity contribution in [2.45, 2.75) is 6.18 Å². The van der Waals surface area contributed by atoms with E-state index in [0.717, 1.165) is 12.1 Å². The molecule has 1 rings (SSSR count). The molecule has 0 aliphatic rings. The van der Waals surface area contributed by atoms with Crippen LogP contribution in [-0.2, 0) is 6.18 Å². The number of hydrogen-bond acceptors (Lipinski definition) is 1. The van der Waals surface area contributed by atoms with Gasteiger partial charge in [-0.15, -0.1) is 0 Å². The van der Waals surface area contributed by atoms with Gasteiger partial charge >= 0.3 is 6.18 Å². The first kappa shape index (κ1) is 12.4. The molecular formula is C10H12F3N3. The number of halogens is 3. The van der Waals surface area contributed by atoms with Crippen molar-refractivity contribution in [1.82, 2.24) is 0 Å². The molecule has 0 spiro atoms. The Morgan fingerprint density at radius 2 is 1.75 bits per heavy atom. The van der Waals surface area contributed by atoms with E-state index >= 15 is 0 Å². The Kier molecular flexibility index (Phi) is 3.41. The molecule has 1 aromatic rings. The molecule has 16 heavy (non-hydrogen) atoms. The van der Waals surface area contributed by atoms with Crippen LogP contribution in [-0.4, -0.2) is 20.1 Å². The van der Waals surface area contributed by atoms with Crippen molar-refractivity contribution in [1.29, 1.82) is 0 Å². The lowest BCUT2D eigenvalue weighted by Crippen LogP contribution is -2.33. The zero-order valence-electron chi connectivity index (χ0n) is 8.92. The first-order chi connectivity index (χ1) is 7.36. The fourth-order valence-corrected chi connectivity index (χ4v) is 1.16. The van der Waals surface area contributed by atoms with Gasteiger partial charge in [0.2, 0.25) is 0 Å².